The predicted octanol–water partition coefficient (Wildman–Crippen LogP) is 2.86. The molecule has 5 heteroatoms. The summed E-state index contributed by atoms with van der Waals surface area (Å²) >= 11 is 0. The van der Waals surface area contributed by atoms with Crippen LogP contribution < -0.4 is 4.90 Å². The molecule has 3 aliphatic rings. The Bertz CT molecular complexity index is 675. The fraction of sp³-hybridized carbons (Fsp3) is 0.636. The molecule has 4 rings (SSSR count). The number of hydrogen-bond donors (Lipinski definition) is 0. The van der Waals surface area contributed by atoms with Crippen molar-refractivity contribution in [3.63, 3.8) is 0 Å². The number of benzene rings is 1. The fourth-order valence-electron chi connectivity index (χ4n) is 4.61. The van der Waals surface area contributed by atoms with Gasteiger partial charge in [0.25, 0.3) is 0 Å². The van der Waals surface area contributed by atoms with E-state index in [4.69, 9.17) is 5.26 Å². The van der Waals surface area contributed by atoms with Crippen molar-refractivity contribution in [2.24, 2.45) is 5.92 Å². The lowest BCUT2D eigenvalue weighted by Gasteiger charge is -2.43. The number of anilines is 1. The van der Waals surface area contributed by atoms with Crippen LogP contribution in [0.15, 0.2) is 24.3 Å². The maximum Gasteiger partial charge on any atom is 0.222 e. The molecule has 3 fully saturated rings. The number of nitrogens with zero attached hydrogens (tertiary/aromatic N) is 4. The van der Waals surface area contributed by atoms with Crippen molar-refractivity contribution in [3.05, 3.63) is 29.8 Å². The first-order valence-electron chi connectivity index (χ1n) is 10.5. The molecule has 0 atom stereocenters. The minimum absolute atomic E-state index is 0.361. The second kappa shape index (κ2) is 8.31. The number of carbonyl (C=O) groups is 1. The van der Waals surface area contributed by atoms with Gasteiger partial charge >= 0.3 is 0 Å². The van der Waals surface area contributed by atoms with Crippen LogP contribution in [0.5, 0.6) is 0 Å². The van der Waals surface area contributed by atoms with Crippen molar-refractivity contribution in [2.45, 2.75) is 44.6 Å². The van der Waals surface area contributed by atoms with Gasteiger partial charge in [-0.15, -0.1) is 0 Å². The summed E-state index contributed by atoms with van der Waals surface area (Å²) in [4.78, 5) is 19.8. The summed E-state index contributed by atoms with van der Waals surface area (Å²) in [6.45, 7) is 5.96. The fourth-order valence-corrected chi connectivity index (χ4v) is 4.61. The topological polar surface area (TPSA) is 50.6 Å². The van der Waals surface area contributed by atoms with Gasteiger partial charge in [0.05, 0.1) is 11.6 Å². The summed E-state index contributed by atoms with van der Waals surface area (Å²) in [6.07, 6.45) is 6.95. The van der Waals surface area contributed by atoms with E-state index < -0.39 is 0 Å². The minimum Gasteiger partial charge on any atom is -0.372 e. The summed E-state index contributed by atoms with van der Waals surface area (Å²) in [5, 5.41) is 8.92. The van der Waals surface area contributed by atoms with Crippen LogP contribution in [0.1, 0.15) is 44.1 Å². The smallest absolute Gasteiger partial charge is 0.222 e. The Kier molecular flexibility index (Phi) is 5.63. The second-order valence-electron chi connectivity index (χ2n) is 8.29. The van der Waals surface area contributed by atoms with E-state index >= 15 is 0 Å². The minimum atomic E-state index is 0.361. The van der Waals surface area contributed by atoms with Crippen LogP contribution in [0, 0.1) is 17.2 Å². The largest absolute Gasteiger partial charge is 0.372 e. The third-order valence-corrected chi connectivity index (χ3v) is 6.70. The molecule has 0 bridgehead atoms. The molecular weight excluding hydrogens is 336 g/mol. The van der Waals surface area contributed by atoms with Crippen LogP contribution in [0.3, 0.4) is 0 Å². The Morgan fingerprint density at radius 1 is 0.963 bits per heavy atom. The first-order chi connectivity index (χ1) is 13.2. The van der Waals surface area contributed by atoms with Crippen LogP contribution >= 0.6 is 0 Å². The summed E-state index contributed by atoms with van der Waals surface area (Å²) in [7, 11) is 0. The molecule has 1 amide bonds. The zero-order valence-electron chi connectivity index (χ0n) is 16.1. The molecule has 1 aromatic rings. The third-order valence-electron chi connectivity index (χ3n) is 6.70. The van der Waals surface area contributed by atoms with Crippen molar-refractivity contribution in [2.75, 3.05) is 44.2 Å². The van der Waals surface area contributed by atoms with Crippen LogP contribution in [0.2, 0.25) is 0 Å². The van der Waals surface area contributed by atoms with Crippen molar-refractivity contribution < 1.29 is 4.79 Å². The van der Waals surface area contributed by atoms with Gasteiger partial charge in [-0.2, -0.15) is 5.26 Å². The third kappa shape index (κ3) is 4.27. The van der Waals surface area contributed by atoms with Crippen molar-refractivity contribution in [1.29, 1.82) is 5.26 Å². The Balaban J connectivity index is 1.21. The molecule has 0 N–H and O–H groups in total. The van der Waals surface area contributed by atoms with Crippen LogP contribution in [0.4, 0.5) is 5.69 Å². The van der Waals surface area contributed by atoms with Crippen LogP contribution in [0.25, 0.3) is 0 Å². The van der Waals surface area contributed by atoms with E-state index in [0.717, 1.165) is 58.2 Å². The van der Waals surface area contributed by atoms with E-state index in [1.807, 2.05) is 24.3 Å². The summed E-state index contributed by atoms with van der Waals surface area (Å²) in [6, 6.07) is 10.8. The van der Waals surface area contributed by atoms with E-state index in [2.05, 4.69) is 20.8 Å². The van der Waals surface area contributed by atoms with Gasteiger partial charge in [-0.1, -0.05) is 6.42 Å². The monoisotopic (exact) mass is 366 g/mol. The average molecular weight is 367 g/mol. The summed E-state index contributed by atoms with van der Waals surface area (Å²) in [5.41, 5.74) is 1.89. The maximum absolute atomic E-state index is 12.7. The van der Waals surface area contributed by atoms with Gasteiger partial charge in [0, 0.05) is 57.4 Å². The Hall–Kier alpha value is -2.06. The number of nitriles is 1. The number of piperidine rings is 1. The molecule has 0 aromatic heterocycles. The molecule has 0 unspecified atom stereocenters. The lowest BCUT2D eigenvalue weighted by molar-refractivity contribution is -0.134. The lowest BCUT2D eigenvalue weighted by atomic mass is 9.90. The zero-order valence-corrected chi connectivity index (χ0v) is 16.1. The highest BCUT2D eigenvalue weighted by atomic mass is 16.2. The molecule has 0 spiro atoms. The lowest BCUT2D eigenvalue weighted by Crippen LogP contribution is -2.53. The molecule has 144 valence electrons. The van der Waals surface area contributed by atoms with E-state index in [-0.39, 0.29) is 0 Å². The highest BCUT2D eigenvalue weighted by molar-refractivity contribution is 5.76. The van der Waals surface area contributed by atoms with Gasteiger partial charge < -0.3 is 9.80 Å². The highest BCUT2D eigenvalue weighted by Gasteiger charge is 2.30. The standard InChI is InChI=1S/C22H30N4O/c23-17-19-4-6-21(7-5-19)24-10-8-18(9-11-24)16-22(27)26-14-12-25(13-15-26)20-2-1-3-20/h4-7,18,20H,1-3,8-16H2. The Morgan fingerprint density at radius 3 is 2.19 bits per heavy atom. The average Bonchev–Trinajstić information content (AvgIpc) is 2.68. The van der Waals surface area contributed by atoms with E-state index in [1.54, 1.807) is 0 Å². The number of hydrogen-bond acceptors (Lipinski definition) is 4. The van der Waals surface area contributed by atoms with Gasteiger partial charge in [0.2, 0.25) is 5.91 Å². The number of carbonyl (C=O) groups excluding carboxylic acids is 1. The van der Waals surface area contributed by atoms with Crippen LogP contribution in [-0.4, -0.2) is 61.0 Å². The van der Waals surface area contributed by atoms with Gasteiger partial charge in [0.15, 0.2) is 0 Å². The van der Waals surface area contributed by atoms with Crippen molar-refractivity contribution in [3.8, 4) is 6.07 Å². The van der Waals surface area contributed by atoms with E-state index in [1.165, 1.54) is 24.9 Å². The SMILES string of the molecule is N#Cc1ccc(N2CCC(CC(=O)N3CCN(C4CCC4)CC3)CC2)cc1. The normalized spacial score (nSPS) is 22.3. The summed E-state index contributed by atoms with van der Waals surface area (Å²) < 4.78 is 0. The van der Waals surface area contributed by atoms with Crippen LogP contribution in [-0.2, 0) is 4.79 Å². The Morgan fingerprint density at radius 2 is 1.63 bits per heavy atom. The number of amides is 1. The molecule has 2 saturated heterocycles. The molecule has 5 nitrogen and oxygen atoms in total. The molecule has 1 aliphatic carbocycles. The first kappa shape index (κ1) is 18.3. The molecular formula is C22H30N4O. The van der Waals surface area contributed by atoms with E-state index in [0.29, 0.717) is 23.8 Å². The quantitative estimate of drug-likeness (QED) is 0.822. The van der Waals surface area contributed by atoms with Gasteiger partial charge in [0.1, 0.15) is 0 Å². The molecule has 1 saturated carbocycles. The Labute approximate surface area is 162 Å². The predicted molar refractivity (Wildman–Crippen MR) is 107 cm³/mol. The van der Waals surface area contributed by atoms with Gasteiger partial charge in [-0.05, 0) is 55.9 Å². The van der Waals surface area contributed by atoms with E-state index in [9.17, 15) is 4.79 Å². The second-order valence-corrected chi connectivity index (χ2v) is 8.29. The first-order valence-corrected chi connectivity index (χ1v) is 10.5. The van der Waals surface area contributed by atoms with Gasteiger partial charge in [-0.3, -0.25) is 9.69 Å². The molecule has 27 heavy (non-hydrogen) atoms. The highest BCUT2D eigenvalue weighted by Crippen LogP contribution is 2.28. The molecule has 2 aliphatic heterocycles. The maximum atomic E-state index is 12.7. The summed E-state index contributed by atoms with van der Waals surface area (Å²) in [5.74, 6) is 0.872. The molecule has 2 heterocycles. The van der Waals surface area contributed by atoms with Gasteiger partial charge in [-0.25, -0.2) is 0 Å². The molecule has 1 aromatic carbocycles. The molecule has 0 radical (unpaired) electrons. The number of rotatable bonds is 4. The van der Waals surface area contributed by atoms with Crippen molar-refractivity contribution in [1.82, 2.24) is 9.80 Å². The zero-order chi connectivity index (χ0) is 18.6. The van der Waals surface area contributed by atoms with Crippen molar-refractivity contribution >= 4 is 11.6 Å². The number of piperazine rings is 1.